The molecule has 2 N–H and O–H groups in total. The van der Waals surface area contributed by atoms with E-state index >= 15 is 0 Å². The first-order chi connectivity index (χ1) is 7.61. The van der Waals surface area contributed by atoms with Crippen LogP contribution in [0.4, 0.5) is 10.5 Å². The highest BCUT2D eigenvalue weighted by molar-refractivity contribution is 6.31. The highest BCUT2D eigenvalue weighted by atomic mass is 35.5. The summed E-state index contributed by atoms with van der Waals surface area (Å²) in [6.07, 6.45) is -0.591. The minimum Gasteiger partial charge on any atom is -0.443 e. The number of carbonyl (C=O) groups excluding carboxylic acids is 1. The van der Waals surface area contributed by atoms with Gasteiger partial charge in [-0.1, -0.05) is 17.7 Å². The molecule has 86 valence electrons. The molecule has 0 aliphatic carbocycles. The van der Waals surface area contributed by atoms with Crippen molar-refractivity contribution >= 4 is 23.4 Å². The van der Waals surface area contributed by atoms with E-state index < -0.39 is 0 Å². The van der Waals surface area contributed by atoms with Gasteiger partial charge in [-0.2, -0.15) is 0 Å². The number of carbonyl (C=O) groups is 1. The van der Waals surface area contributed by atoms with Crippen LogP contribution in [-0.4, -0.2) is 25.3 Å². The van der Waals surface area contributed by atoms with E-state index in [1.165, 1.54) is 0 Å². The molecule has 1 amide bonds. The molecule has 1 aromatic rings. The van der Waals surface area contributed by atoms with E-state index in [0.717, 1.165) is 11.3 Å². The molecule has 1 unspecified atom stereocenters. The van der Waals surface area contributed by atoms with Crippen molar-refractivity contribution < 1.29 is 9.53 Å². The fourth-order valence-electron chi connectivity index (χ4n) is 1.71. The quantitative estimate of drug-likeness (QED) is 0.860. The lowest BCUT2D eigenvalue weighted by Gasteiger charge is -2.15. The molecular weight excluding hydrogens is 228 g/mol. The average molecular weight is 241 g/mol. The van der Waals surface area contributed by atoms with Crippen LogP contribution in [0.15, 0.2) is 18.2 Å². The number of benzene rings is 1. The number of hydrogen-bond donors (Lipinski definition) is 1. The average Bonchev–Trinajstić information content (AvgIpc) is 2.63. The van der Waals surface area contributed by atoms with E-state index in [1.807, 2.05) is 13.0 Å². The fourth-order valence-corrected chi connectivity index (χ4v) is 1.88. The minimum atomic E-state index is -0.360. The third-order valence-electron chi connectivity index (χ3n) is 2.60. The number of cyclic esters (lactones) is 1. The molecule has 1 aromatic carbocycles. The van der Waals surface area contributed by atoms with Crippen LogP contribution in [0.5, 0.6) is 0 Å². The molecule has 1 saturated heterocycles. The Bertz CT molecular complexity index is 422. The highest BCUT2D eigenvalue weighted by Gasteiger charge is 2.32. The van der Waals surface area contributed by atoms with Gasteiger partial charge in [0, 0.05) is 11.6 Å². The normalized spacial score (nSPS) is 20.1. The minimum absolute atomic E-state index is 0.231. The number of rotatable bonds is 2. The first kappa shape index (κ1) is 11.2. The first-order valence-electron chi connectivity index (χ1n) is 5.06. The van der Waals surface area contributed by atoms with E-state index in [9.17, 15) is 4.79 Å². The Morgan fingerprint density at radius 3 is 3.00 bits per heavy atom. The van der Waals surface area contributed by atoms with Gasteiger partial charge in [-0.15, -0.1) is 0 Å². The number of anilines is 1. The van der Waals surface area contributed by atoms with Gasteiger partial charge in [-0.3, -0.25) is 4.90 Å². The Morgan fingerprint density at radius 1 is 1.62 bits per heavy atom. The molecular formula is C11H13ClN2O2. The SMILES string of the molecule is Cc1ccc(Cl)cc1N1CC(CN)OC1=O. The van der Waals surface area contributed by atoms with Crippen molar-refractivity contribution in [2.45, 2.75) is 13.0 Å². The van der Waals surface area contributed by atoms with E-state index in [1.54, 1.807) is 17.0 Å². The first-order valence-corrected chi connectivity index (χ1v) is 5.44. The van der Waals surface area contributed by atoms with Gasteiger partial charge in [0.05, 0.1) is 12.2 Å². The molecule has 1 aliphatic heterocycles. The van der Waals surface area contributed by atoms with Crippen LogP contribution < -0.4 is 10.6 Å². The summed E-state index contributed by atoms with van der Waals surface area (Å²) in [5, 5.41) is 0.601. The molecule has 4 nitrogen and oxygen atoms in total. The Labute approximate surface area is 98.9 Å². The molecule has 0 saturated carbocycles. The Hall–Kier alpha value is -1.26. The zero-order valence-electron chi connectivity index (χ0n) is 8.94. The van der Waals surface area contributed by atoms with Crippen molar-refractivity contribution in [2.75, 3.05) is 18.0 Å². The molecule has 1 heterocycles. The van der Waals surface area contributed by atoms with Gasteiger partial charge < -0.3 is 10.5 Å². The van der Waals surface area contributed by atoms with Crippen LogP contribution in [0.2, 0.25) is 5.02 Å². The van der Waals surface area contributed by atoms with E-state index in [-0.39, 0.29) is 12.2 Å². The van der Waals surface area contributed by atoms with E-state index in [4.69, 9.17) is 22.1 Å². The number of nitrogens with zero attached hydrogens (tertiary/aromatic N) is 1. The third-order valence-corrected chi connectivity index (χ3v) is 2.83. The standard InChI is InChI=1S/C11H13ClN2O2/c1-7-2-3-8(12)4-10(7)14-6-9(5-13)16-11(14)15/h2-4,9H,5-6,13H2,1H3. The summed E-state index contributed by atoms with van der Waals surface area (Å²) in [7, 11) is 0. The second-order valence-corrected chi connectivity index (χ2v) is 4.22. The molecule has 1 fully saturated rings. The van der Waals surface area contributed by atoms with Gasteiger partial charge in [0.15, 0.2) is 0 Å². The zero-order valence-corrected chi connectivity index (χ0v) is 9.70. The van der Waals surface area contributed by atoms with Crippen molar-refractivity contribution in [3.8, 4) is 0 Å². The highest BCUT2D eigenvalue weighted by Crippen LogP contribution is 2.27. The lowest BCUT2D eigenvalue weighted by Crippen LogP contribution is -2.27. The predicted octanol–water partition coefficient (Wildman–Crippen LogP) is 1.93. The van der Waals surface area contributed by atoms with Gasteiger partial charge in [0.1, 0.15) is 6.10 Å². The number of amides is 1. The molecule has 16 heavy (non-hydrogen) atoms. The second kappa shape index (κ2) is 4.31. The summed E-state index contributed by atoms with van der Waals surface area (Å²) in [6.45, 7) is 2.74. The van der Waals surface area contributed by atoms with Crippen molar-refractivity contribution in [1.29, 1.82) is 0 Å². The third kappa shape index (κ3) is 1.99. The molecule has 0 spiro atoms. The molecule has 1 aliphatic rings. The van der Waals surface area contributed by atoms with Crippen molar-refractivity contribution in [1.82, 2.24) is 0 Å². The van der Waals surface area contributed by atoms with Crippen molar-refractivity contribution in [3.63, 3.8) is 0 Å². The van der Waals surface area contributed by atoms with Crippen LogP contribution >= 0.6 is 11.6 Å². The van der Waals surface area contributed by atoms with Crippen LogP contribution in [0, 0.1) is 6.92 Å². The molecule has 0 radical (unpaired) electrons. The Kier molecular flexibility index (Phi) is 3.03. The lowest BCUT2D eigenvalue weighted by atomic mass is 10.2. The summed E-state index contributed by atoms with van der Waals surface area (Å²) < 4.78 is 5.09. The van der Waals surface area contributed by atoms with Crippen molar-refractivity contribution in [3.05, 3.63) is 28.8 Å². The maximum Gasteiger partial charge on any atom is 0.414 e. The predicted molar refractivity (Wildman–Crippen MR) is 62.9 cm³/mol. The maximum atomic E-state index is 11.6. The number of halogens is 1. The largest absolute Gasteiger partial charge is 0.443 e. The van der Waals surface area contributed by atoms with Gasteiger partial charge in [0.25, 0.3) is 0 Å². The second-order valence-electron chi connectivity index (χ2n) is 3.78. The summed E-state index contributed by atoms with van der Waals surface area (Å²) >= 11 is 5.91. The summed E-state index contributed by atoms with van der Waals surface area (Å²) in [5.41, 5.74) is 7.25. The smallest absolute Gasteiger partial charge is 0.414 e. The monoisotopic (exact) mass is 240 g/mol. The number of hydrogen-bond acceptors (Lipinski definition) is 3. The van der Waals surface area contributed by atoms with Crippen molar-refractivity contribution in [2.24, 2.45) is 5.73 Å². The molecule has 1 atom stereocenters. The van der Waals surface area contributed by atoms with E-state index in [0.29, 0.717) is 18.1 Å². The van der Waals surface area contributed by atoms with Gasteiger partial charge in [0.2, 0.25) is 0 Å². The Balaban J connectivity index is 2.30. The summed E-state index contributed by atoms with van der Waals surface area (Å²) in [4.78, 5) is 13.2. The molecule has 5 heteroatoms. The molecule has 0 bridgehead atoms. The number of ether oxygens (including phenoxy) is 1. The summed E-state index contributed by atoms with van der Waals surface area (Å²) in [5.74, 6) is 0. The van der Waals surface area contributed by atoms with Gasteiger partial charge >= 0.3 is 6.09 Å². The molecule has 2 rings (SSSR count). The van der Waals surface area contributed by atoms with Crippen LogP contribution in [-0.2, 0) is 4.74 Å². The number of aryl methyl sites for hydroxylation is 1. The van der Waals surface area contributed by atoms with Gasteiger partial charge in [-0.05, 0) is 24.6 Å². The summed E-state index contributed by atoms with van der Waals surface area (Å²) in [6, 6.07) is 5.43. The van der Waals surface area contributed by atoms with Crippen LogP contribution in [0.25, 0.3) is 0 Å². The Morgan fingerprint density at radius 2 is 2.38 bits per heavy atom. The topological polar surface area (TPSA) is 55.6 Å². The molecule has 0 aromatic heterocycles. The van der Waals surface area contributed by atoms with Gasteiger partial charge in [-0.25, -0.2) is 4.79 Å². The van der Waals surface area contributed by atoms with Crippen LogP contribution in [0.1, 0.15) is 5.56 Å². The van der Waals surface area contributed by atoms with E-state index in [2.05, 4.69) is 0 Å². The lowest BCUT2D eigenvalue weighted by molar-refractivity contribution is 0.145. The maximum absolute atomic E-state index is 11.6. The zero-order chi connectivity index (χ0) is 11.7. The van der Waals surface area contributed by atoms with Crippen LogP contribution in [0.3, 0.4) is 0 Å². The fraction of sp³-hybridized carbons (Fsp3) is 0.364. The number of nitrogens with two attached hydrogens (primary N) is 1.